The normalized spacial score (nSPS) is 12.4. The molecule has 1 aliphatic rings. The lowest BCUT2D eigenvalue weighted by molar-refractivity contribution is 0.660. The second-order valence-corrected chi connectivity index (χ2v) is 17.0. The smallest absolute Gasteiger partial charge is 0.0540 e. The Morgan fingerprint density at radius 3 is 1.32 bits per heavy atom. The Morgan fingerprint density at radius 2 is 0.698 bits per heavy atom. The molecule has 63 heavy (non-hydrogen) atoms. The first-order chi connectivity index (χ1) is 31.0. The number of nitrogens with zero attached hydrogens (tertiary/aromatic N) is 2. The third kappa shape index (κ3) is 6.87. The van der Waals surface area contributed by atoms with Gasteiger partial charge in [0.05, 0.1) is 5.69 Å². The van der Waals surface area contributed by atoms with E-state index in [1.807, 2.05) is 0 Å². The molecule has 0 saturated heterocycles. The van der Waals surface area contributed by atoms with Crippen molar-refractivity contribution in [2.75, 3.05) is 9.80 Å². The van der Waals surface area contributed by atoms with Crippen LogP contribution in [0.15, 0.2) is 243 Å². The summed E-state index contributed by atoms with van der Waals surface area (Å²) >= 11 is 0. The number of para-hydroxylation sites is 1. The number of benzene rings is 10. The highest BCUT2D eigenvalue weighted by molar-refractivity contribution is 6.06. The Kier molecular flexibility index (Phi) is 9.55. The van der Waals surface area contributed by atoms with Crippen LogP contribution < -0.4 is 9.80 Å². The molecule has 0 radical (unpaired) electrons. The van der Waals surface area contributed by atoms with E-state index in [0.717, 1.165) is 34.1 Å². The number of hydrogen-bond acceptors (Lipinski definition) is 2. The van der Waals surface area contributed by atoms with Crippen molar-refractivity contribution in [3.05, 3.63) is 254 Å². The average Bonchev–Trinajstić information content (AvgIpc) is 3.58. The number of rotatable bonds is 9. The fourth-order valence-electron chi connectivity index (χ4n) is 9.68. The van der Waals surface area contributed by atoms with Gasteiger partial charge in [-0.05, 0) is 128 Å². The van der Waals surface area contributed by atoms with Crippen molar-refractivity contribution >= 4 is 44.9 Å². The molecule has 0 aromatic heterocycles. The molecule has 0 unspecified atom stereocenters. The van der Waals surface area contributed by atoms with Crippen LogP contribution in [0.5, 0.6) is 0 Å². The van der Waals surface area contributed by atoms with Gasteiger partial charge in [0.2, 0.25) is 0 Å². The van der Waals surface area contributed by atoms with Gasteiger partial charge in [0, 0.05) is 39.2 Å². The van der Waals surface area contributed by atoms with E-state index >= 15 is 0 Å². The molecule has 10 aromatic rings. The maximum atomic E-state index is 2.40. The topological polar surface area (TPSA) is 6.48 Å². The first-order valence-electron chi connectivity index (χ1n) is 21.8. The van der Waals surface area contributed by atoms with Crippen LogP contribution in [0.25, 0.3) is 55.3 Å². The lowest BCUT2D eigenvalue weighted by atomic mass is 9.82. The second kappa shape index (κ2) is 15.8. The predicted octanol–water partition coefficient (Wildman–Crippen LogP) is 17.1. The minimum atomic E-state index is -0.0891. The molecule has 0 saturated carbocycles. The highest BCUT2D eigenvalue weighted by Crippen LogP contribution is 2.51. The number of fused-ring (bicyclic) bond motifs is 4. The van der Waals surface area contributed by atoms with E-state index in [0.29, 0.717) is 0 Å². The van der Waals surface area contributed by atoms with Gasteiger partial charge in [0.15, 0.2) is 0 Å². The minimum absolute atomic E-state index is 0.0891. The van der Waals surface area contributed by atoms with E-state index < -0.39 is 0 Å². The second-order valence-electron chi connectivity index (χ2n) is 17.0. The van der Waals surface area contributed by atoms with E-state index in [1.54, 1.807) is 0 Å². The van der Waals surface area contributed by atoms with E-state index in [1.165, 1.54) is 66.4 Å². The molecular weight excluding hydrogens is 761 g/mol. The summed E-state index contributed by atoms with van der Waals surface area (Å²) < 4.78 is 0. The number of hydrogen-bond donors (Lipinski definition) is 0. The highest BCUT2D eigenvalue weighted by Gasteiger charge is 2.35. The molecule has 0 N–H and O–H groups in total. The van der Waals surface area contributed by atoms with Crippen LogP contribution >= 0.6 is 0 Å². The standard InChI is InChI=1S/C61H46N2/c1-61(2)58-26-13-12-22-55(58)56-41-40-52(42-59(56)61)62(48-20-10-5-11-21-48)49-38-32-47(33-39-49)53-23-14-25-57-54(53)24-15-27-60(57)63(50-34-28-45(29-35-50)43-16-6-3-7-17-43)51-36-30-46(31-37-51)44-18-8-4-9-19-44/h3-42H,1-2H3. The molecule has 10 aromatic carbocycles. The van der Waals surface area contributed by atoms with Crippen molar-refractivity contribution < 1.29 is 0 Å². The van der Waals surface area contributed by atoms with Gasteiger partial charge in [0.25, 0.3) is 0 Å². The summed E-state index contributed by atoms with van der Waals surface area (Å²) in [5.41, 5.74) is 19.2. The molecule has 0 atom stereocenters. The third-order valence-electron chi connectivity index (χ3n) is 12.9. The first kappa shape index (κ1) is 38.0. The van der Waals surface area contributed by atoms with Crippen molar-refractivity contribution in [2.45, 2.75) is 19.3 Å². The zero-order valence-electron chi connectivity index (χ0n) is 35.5. The summed E-state index contributed by atoms with van der Waals surface area (Å²) in [5.74, 6) is 0. The van der Waals surface area contributed by atoms with Crippen LogP contribution in [0.1, 0.15) is 25.0 Å². The molecule has 300 valence electrons. The quantitative estimate of drug-likeness (QED) is 0.143. The minimum Gasteiger partial charge on any atom is -0.310 e. The zero-order chi connectivity index (χ0) is 42.3. The Hall–Kier alpha value is -7.94. The van der Waals surface area contributed by atoms with Gasteiger partial charge < -0.3 is 9.80 Å². The van der Waals surface area contributed by atoms with Gasteiger partial charge in [-0.15, -0.1) is 0 Å². The third-order valence-corrected chi connectivity index (χ3v) is 12.9. The van der Waals surface area contributed by atoms with Gasteiger partial charge in [-0.1, -0.05) is 190 Å². The summed E-state index contributed by atoms with van der Waals surface area (Å²) in [5, 5.41) is 2.39. The summed E-state index contributed by atoms with van der Waals surface area (Å²) in [6.07, 6.45) is 0. The van der Waals surface area contributed by atoms with Gasteiger partial charge in [0.1, 0.15) is 0 Å². The SMILES string of the molecule is CC1(C)c2ccccc2-c2ccc(N(c3ccccc3)c3ccc(-c4cccc5c(N(c6ccc(-c7ccccc7)cc6)c6ccc(-c7ccccc7)cc6)cccc45)cc3)cc21. The van der Waals surface area contributed by atoms with Crippen LogP contribution in [0.2, 0.25) is 0 Å². The lowest BCUT2D eigenvalue weighted by Crippen LogP contribution is -2.16. The molecule has 0 spiro atoms. The maximum Gasteiger partial charge on any atom is 0.0540 e. The van der Waals surface area contributed by atoms with Crippen molar-refractivity contribution in [1.29, 1.82) is 0 Å². The van der Waals surface area contributed by atoms with E-state index in [-0.39, 0.29) is 5.41 Å². The van der Waals surface area contributed by atoms with Crippen LogP contribution in [-0.2, 0) is 5.41 Å². The molecule has 1 aliphatic carbocycles. The molecule has 11 rings (SSSR count). The summed E-state index contributed by atoms with van der Waals surface area (Å²) in [6, 6.07) is 88.2. The van der Waals surface area contributed by atoms with Crippen LogP contribution in [0, 0.1) is 0 Å². The fourth-order valence-corrected chi connectivity index (χ4v) is 9.68. The van der Waals surface area contributed by atoms with E-state index in [4.69, 9.17) is 0 Å². The van der Waals surface area contributed by atoms with Crippen LogP contribution in [0.4, 0.5) is 34.1 Å². The van der Waals surface area contributed by atoms with Gasteiger partial charge in [-0.2, -0.15) is 0 Å². The van der Waals surface area contributed by atoms with Crippen LogP contribution in [-0.4, -0.2) is 0 Å². The maximum absolute atomic E-state index is 2.40. The lowest BCUT2D eigenvalue weighted by Gasteiger charge is -2.28. The van der Waals surface area contributed by atoms with E-state index in [9.17, 15) is 0 Å². The van der Waals surface area contributed by atoms with Gasteiger partial charge in [-0.25, -0.2) is 0 Å². The molecule has 2 heteroatoms. The van der Waals surface area contributed by atoms with Gasteiger partial charge >= 0.3 is 0 Å². The monoisotopic (exact) mass is 806 g/mol. The largest absolute Gasteiger partial charge is 0.310 e. The van der Waals surface area contributed by atoms with Gasteiger partial charge in [-0.3, -0.25) is 0 Å². The molecule has 2 nitrogen and oxygen atoms in total. The van der Waals surface area contributed by atoms with Crippen molar-refractivity contribution in [3.8, 4) is 44.5 Å². The number of anilines is 6. The Bertz CT molecular complexity index is 3130. The van der Waals surface area contributed by atoms with Crippen molar-refractivity contribution in [3.63, 3.8) is 0 Å². The van der Waals surface area contributed by atoms with Crippen molar-refractivity contribution in [1.82, 2.24) is 0 Å². The van der Waals surface area contributed by atoms with E-state index in [2.05, 4.69) is 266 Å². The van der Waals surface area contributed by atoms with Crippen molar-refractivity contribution in [2.24, 2.45) is 0 Å². The summed E-state index contributed by atoms with van der Waals surface area (Å²) in [6.45, 7) is 4.70. The molecule has 0 amide bonds. The Labute approximate surface area is 370 Å². The fraction of sp³-hybridized carbons (Fsp3) is 0.0492. The molecule has 0 aliphatic heterocycles. The average molecular weight is 807 g/mol. The molecule has 0 fully saturated rings. The zero-order valence-corrected chi connectivity index (χ0v) is 35.5. The molecule has 0 heterocycles. The Morgan fingerprint density at radius 1 is 0.270 bits per heavy atom. The molecular formula is C61H46N2. The molecule has 0 bridgehead atoms. The predicted molar refractivity (Wildman–Crippen MR) is 267 cm³/mol. The first-order valence-corrected chi connectivity index (χ1v) is 21.8. The highest BCUT2D eigenvalue weighted by atomic mass is 15.1. The Balaban J connectivity index is 0.985. The summed E-state index contributed by atoms with van der Waals surface area (Å²) in [4.78, 5) is 4.78. The summed E-state index contributed by atoms with van der Waals surface area (Å²) in [7, 11) is 0. The van der Waals surface area contributed by atoms with Crippen LogP contribution in [0.3, 0.4) is 0 Å².